The zero-order valence-corrected chi connectivity index (χ0v) is 17.6. The van der Waals surface area contributed by atoms with Gasteiger partial charge in [0.2, 0.25) is 0 Å². The van der Waals surface area contributed by atoms with Crippen molar-refractivity contribution in [3.63, 3.8) is 0 Å². The van der Waals surface area contributed by atoms with E-state index in [4.69, 9.17) is 4.98 Å². The molecule has 0 saturated carbocycles. The molecule has 0 saturated heterocycles. The van der Waals surface area contributed by atoms with Crippen molar-refractivity contribution in [1.29, 1.82) is 0 Å². The highest BCUT2D eigenvalue weighted by Crippen LogP contribution is 2.28. The molecule has 0 spiro atoms. The quantitative estimate of drug-likeness (QED) is 0.373. The average molecular weight is 433 g/mol. The predicted octanol–water partition coefficient (Wildman–Crippen LogP) is 6.45. The molecule has 0 aliphatic carbocycles. The molecule has 0 amide bonds. The van der Waals surface area contributed by atoms with Crippen LogP contribution in [0, 0.1) is 6.92 Å². The van der Waals surface area contributed by atoms with Gasteiger partial charge in [-0.25, -0.2) is 4.98 Å². The maximum absolute atomic E-state index is 4.79. The summed E-state index contributed by atoms with van der Waals surface area (Å²) in [4.78, 5) is 13.7. The van der Waals surface area contributed by atoms with Crippen molar-refractivity contribution in [3.05, 3.63) is 90.8 Å². The number of nitrogens with zero attached hydrogens (tertiary/aromatic N) is 3. The van der Waals surface area contributed by atoms with Crippen molar-refractivity contribution in [2.75, 3.05) is 0 Å². The summed E-state index contributed by atoms with van der Waals surface area (Å²) < 4.78 is 0. The molecule has 0 atom stereocenters. The molecule has 4 aromatic rings. The molecule has 3 heterocycles. The van der Waals surface area contributed by atoms with Crippen molar-refractivity contribution >= 4 is 37.2 Å². The molecule has 0 bridgehead atoms. The van der Waals surface area contributed by atoms with Crippen LogP contribution in [0.15, 0.2) is 85.2 Å². The highest BCUT2D eigenvalue weighted by atomic mass is 35.5. The van der Waals surface area contributed by atoms with Crippen LogP contribution in [0.25, 0.3) is 33.9 Å². The van der Waals surface area contributed by atoms with Crippen molar-refractivity contribution in [1.82, 2.24) is 15.0 Å². The van der Waals surface area contributed by atoms with Crippen LogP contribution in [0.5, 0.6) is 0 Å². The van der Waals surface area contributed by atoms with Gasteiger partial charge in [-0.3, -0.25) is 9.97 Å². The van der Waals surface area contributed by atoms with Crippen LogP contribution in [0.3, 0.4) is 0 Å². The summed E-state index contributed by atoms with van der Waals surface area (Å²) in [5.74, 6) is 0. The van der Waals surface area contributed by atoms with E-state index in [9.17, 15) is 0 Å². The summed E-state index contributed by atoms with van der Waals surface area (Å²) >= 11 is 0. The summed E-state index contributed by atoms with van der Waals surface area (Å²) in [5, 5.41) is 0. The van der Waals surface area contributed by atoms with Gasteiger partial charge in [0.25, 0.3) is 0 Å². The number of rotatable bonds is 3. The first-order valence-corrected chi connectivity index (χ1v) is 8.21. The summed E-state index contributed by atoms with van der Waals surface area (Å²) in [5.41, 5.74) is 6.91. The van der Waals surface area contributed by atoms with Gasteiger partial charge < -0.3 is 0 Å². The summed E-state index contributed by atoms with van der Waals surface area (Å²) in [6.45, 7) is 2.09. The van der Waals surface area contributed by atoms with Crippen LogP contribution in [0.2, 0.25) is 0 Å². The minimum absolute atomic E-state index is 0. The topological polar surface area (TPSA) is 38.7 Å². The Labute approximate surface area is 183 Å². The van der Waals surface area contributed by atoms with Crippen molar-refractivity contribution in [2.45, 2.75) is 6.92 Å². The molecule has 0 unspecified atom stereocenters. The number of aromatic nitrogens is 3. The van der Waals surface area contributed by atoms with E-state index in [1.807, 2.05) is 36.4 Å². The molecule has 3 aromatic heterocycles. The Balaban J connectivity index is 0.00000131. The van der Waals surface area contributed by atoms with Crippen LogP contribution in [-0.4, -0.2) is 15.0 Å². The van der Waals surface area contributed by atoms with E-state index in [-0.39, 0.29) is 37.2 Å². The molecule has 0 N–H and O–H groups in total. The van der Waals surface area contributed by atoms with Gasteiger partial charge in [-0.1, -0.05) is 42.0 Å². The Morgan fingerprint density at radius 2 is 1.04 bits per heavy atom. The Morgan fingerprint density at radius 3 is 1.46 bits per heavy atom. The van der Waals surface area contributed by atoms with Crippen LogP contribution in [0.4, 0.5) is 0 Å². The largest absolute Gasteiger partial charge is 0.255 e. The van der Waals surface area contributed by atoms with E-state index in [2.05, 4.69) is 53.3 Å². The molecule has 3 nitrogen and oxygen atoms in total. The van der Waals surface area contributed by atoms with E-state index in [1.165, 1.54) is 5.56 Å². The molecule has 0 fully saturated rings. The van der Waals surface area contributed by atoms with Gasteiger partial charge in [0.15, 0.2) is 0 Å². The van der Waals surface area contributed by atoms with Crippen molar-refractivity contribution < 1.29 is 0 Å². The Kier molecular flexibility index (Phi) is 9.07. The Morgan fingerprint density at radius 1 is 0.536 bits per heavy atom. The zero-order chi connectivity index (χ0) is 17.1. The van der Waals surface area contributed by atoms with Crippen molar-refractivity contribution in [2.24, 2.45) is 0 Å². The van der Waals surface area contributed by atoms with Gasteiger partial charge in [0.1, 0.15) is 0 Å². The van der Waals surface area contributed by atoms with Gasteiger partial charge >= 0.3 is 0 Å². The number of pyridine rings is 3. The standard InChI is InChI=1S/C22H17N3.3ClH/c1-16-8-10-17(11-9-16)18-14-21(19-6-2-4-12-23-19)25-22(15-18)20-7-3-5-13-24-20;;;/h2-15H,1H3;3*1H. The van der Waals surface area contributed by atoms with Gasteiger partial charge in [0, 0.05) is 12.4 Å². The molecule has 0 aliphatic rings. The van der Waals surface area contributed by atoms with Gasteiger partial charge in [-0.2, -0.15) is 0 Å². The van der Waals surface area contributed by atoms with Crippen LogP contribution >= 0.6 is 37.2 Å². The van der Waals surface area contributed by atoms with E-state index < -0.39 is 0 Å². The summed E-state index contributed by atoms with van der Waals surface area (Å²) in [6, 6.07) is 24.4. The molecule has 0 radical (unpaired) electrons. The third-order valence-corrected chi connectivity index (χ3v) is 4.06. The number of hydrogen-bond donors (Lipinski definition) is 0. The fourth-order valence-corrected chi connectivity index (χ4v) is 2.73. The highest BCUT2D eigenvalue weighted by molar-refractivity contribution is 5.86. The molecule has 144 valence electrons. The first-order valence-electron chi connectivity index (χ1n) is 8.21. The number of hydrogen-bond acceptors (Lipinski definition) is 3. The van der Waals surface area contributed by atoms with E-state index in [0.717, 1.165) is 33.9 Å². The summed E-state index contributed by atoms with van der Waals surface area (Å²) in [6.07, 6.45) is 3.58. The molecule has 4 rings (SSSR count). The summed E-state index contributed by atoms with van der Waals surface area (Å²) in [7, 11) is 0. The molecule has 6 heteroatoms. The SMILES string of the molecule is Cc1ccc(-c2cc(-c3ccccn3)nc(-c3ccccn3)c2)cc1.Cl.Cl.Cl. The van der Waals surface area contributed by atoms with E-state index in [1.54, 1.807) is 12.4 Å². The van der Waals surface area contributed by atoms with E-state index in [0.29, 0.717) is 0 Å². The van der Waals surface area contributed by atoms with Gasteiger partial charge in [-0.05, 0) is 54.4 Å². The van der Waals surface area contributed by atoms with E-state index >= 15 is 0 Å². The lowest BCUT2D eigenvalue weighted by molar-refractivity contribution is 1.22. The zero-order valence-electron chi connectivity index (χ0n) is 15.1. The molecule has 0 aliphatic heterocycles. The van der Waals surface area contributed by atoms with Gasteiger partial charge in [0.05, 0.1) is 22.8 Å². The number of halogens is 3. The average Bonchev–Trinajstić information content (AvgIpc) is 2.69. The third-order valence-electron chi connectivity index (χ3n) is 4.06. The molecule has 28 heavy (non-hydrogen) atoms. The minimum atomic E-state index is 0. The lowest BCUT2D eigenvalue weighted by Crippen LogP contribution is -1.93. The third kappa shape index (κ3) is 5.29. The second kappa shape index (κ2) is 10.8. The van der Waals surface area contributed by atoms with Gasteiger partial charge in [-0.15, -0.1) is 37.2 Å². The lowest BCUT2D eigenvalue weighted by Gasteiger charge is -2.09. The van der Waals surface area contributed by atoms with Crippen LogP contribution in [0.1, 0.15) is 5.56 Å². The monoisotopic (exact) mass is 431 g/mol. The Hall–Kier alpha value is -2.46. The maximum atomic E-state index is 4.79. The second-order valence-corrected chi connectivity index (χ2v) is 5.92. The second-order valence-electron chi connectivity index (χ2n) is 5.92. The fourth-order valence-electron chi connectivity index (χ4n) is 2.73. The van der Waals surface area contributed by atoms with Crippen molar-refractivity contribution in [3.8, 4) is 33.9 Å². The smallest absolute Gasteiger partial charge is 0.0900 e. The molecule has 1 aromatic carbocycles. The van der Waals surface area contributed by atoms with Crippen LogP contribution in [-0.2, 0) is 0 Å². The predicted molar refractivity (Wildman–Crippen MR) is 123 cm³/mol. The molecular formula is C22H20Cl3N3. The maximum Gasteiger partial charge on any atom is 0.0900 e. The Bertz CT molecular complexity index is 935. The first-order chi connectivity index (χ1) is 12.3. The molecular weight excluding hydrogens is 413 g/mol. The highest BCUT2D eigenvalue weighted by Gasteiger charge is 2.10. The van der Waals surface area contributed by atoms with Crippen LogP contribution < -0.4 is 0 Å². The normalized spacial score (nSPS) is 9.46. The number of benzene rings is 1. The first kappa shape index (κ1) is 23.6. The minimum Gasteiger partial charge on any atom is -0.255 e. The lowest BCUT2D eigenvalue weighted by atomic mass is 10.0. The number of aryl methyl sites for hydroxylation is 1. The fraction of sp³-hybridized carbons (Fsp3) is 0.0455.